The number of esters is 1. The van der Waals surface area contributed by atoms with E-state index in [1.807, 2.05) is 20.9 Å². The Bertz CT molecular complexity index is 211. The van der Waals surface area contributed by atoms with Gasteiger partial charge in [0.05, 0.1) is 0 Å². The van der Waals surface area contributed by atoms with Gasteiger partial charge in [0.2, 0.25) is 0 Å². The lowest BCUT2D eigenvalue weighted by Crippen LogP contribution is -2.39. The van der Waals surface area contributed by atoms with Crippen molar-refractivity contribution in [2.45, 2.75) is 44.8 Å². The zero-order valence-electron chi connectivity index (χ0n) is 9.93. The second-order valence-corrected chi connectivity index (χ2v) is 4.68. The minimum Gasteiger partial charge on any atom is -0.458 e. The number of rotatable bonds is 5. The van der Waals surface area contributed by atoms with Gasteiger partial charge in [-0.05, 0) is 53.2 Å². The Morgan fingerprint density at radius 2 is 2.33 bits per heavy atom. The average molecular weight is 214 g/mol. The smallest absolute Gasteiger partial charge is 0.323 e. The van der Waals surface area contributed by atoms with Crippen molar-refractivity contribution in [3.05, 3.63) is 0 Å². The zero-order valence-corrected chi connectivity index (χ0v) is 9.93. The summed E-state index contributed by atoms with van der Waals surface area (Å²) in [5, 5.41) is 6.20. The average Bonchev–Trinajstić information content (AvgIpc) is 2.67. The molecule has 0 radical (unpaired) electrons. The lowest BCUT2D eigenvalue weighted by atomic mass is 10.1. The highest BCUT2D eigenvalue weighted by molar-refractivity contribution is 5.76. The van der Waals surface area contributed by atoms with Gasteiger partial charge in [-0.1, -0.05) is 0 Å². The van der Waals surface area contributed by atoms with Gasteiger partial charge in [-0.2, -0.15) is 0 Å². The Morgan fingerprint density at radius 3 is 2.87 bits per heavy atom. The van der Waals surface area contributed by atoms with Crippen molar-refractivity contribution in [2.24, 2.45) is 0 Å². The van der Waals surface area contributed by atoms with Gasteiger partial charge >= 0.3 is 5.97 Å². The van der Waals surface area contributed by atoms with Crippen molar-refractivity contribution in [3.8, 4) is 0 Å². The van der Waals surface area contributed by atoms with E-state index in [4.69, 9.17) is 4.74 Å². The third kappa shape index (κ3) is 4.18. The Morgan fingerprint density at radius 1 is 1.60 bits per heavy atom. The van der Waals surface area contributed by atoms with Crippen LogP contribution in [0.2, 0.25) is 0 Å². The van der Waals surface area contributed by atoms with E-state index in [0.717, 1.165) is 32.4 Å². The Balaban J connectivity index is 2.34. The molecule has 1 saturated heterocycles. The molecule has 4 heteroatoms. The maximum Gasteiger partial charge on any atom is 0.323 e. The topological polar surface area (TPSA) is 50.4 Å². The molecule has 0 aromatic carbocycles. The van der Waals surface area contributed by atoms with Crippen molar-refractivity contribution in [1.82, 2.24) is 10.6 Å². The fourth-order valence-corrected chi connectivity index (χ4v) is 1.71. The van der Waals surface area contributed by atoms with Crippen LogP contribution < -0.4 is 10.6 Å². The van der Waals surface area contributed by atoms with Gasteiger partial charge < -0.3 is 15.4 Å². The standard InChI is InChI=1S/C11H22N2O2/c1-11(2,6-8-12-3)15-10(14)9-5-4-7-13-9/h9,12-13H,4-8H2,1-3H3/t9-/m1/s1. The van der Waals surface area contributed by atoms with E-state index in [1.54, 1.807) is 0 Å². The van der Waals surface area contributed by atoms with Crippen LogP contribution in [-0.2, 0) is 9.53 Å². The lowest BCUT2D eigenvalue weighted by molar-refractivity contribution is -0.159. The highest BCUT2D eigenvalue weighted by Crippen LogP contribution is 2.17. The van der Waals surface area contributed by atoms with Crippen molar-refractivity contribution < 1.29 is 9.53 Å². The molecule has 0 aliphatic carbocycles. The third-order valence-electron chi connectivity index (χ3n) is 2.70. The third-order valence-corrected chi connectivity index (χ3v) is 2.70. The highest BCUT2D eigenvalue weighted by Gasteiger charge is 2.29. The number of ether oxygens (including phenoxy) is 1. The van der Waals surface area contributed by atoms with Gasteiger partial charge in [0.1, 0.15) is 11.6 Å². The van der Waals surface area contributed by atoms with Crippen molar-refractivity contribution in [2.75, 3.05) is 20.1 Å². The largest absolute Gasteiger partial charge is 0.458 e. The van der Waals surface area contributed by atoms with Crippen LogP contribution in [0, 0.1) is 0 Å². The van der Waals surface area contributed by atoms with Crippen LogP contribution in [-0.4, -0.2) is 37.7 Å². The summed E-state index contributed by atoms with van der Waals surface area (Å²) in [6, 6.07) is -0.0844. The molecular formula is C11H22N2O2. The van der Waals surface area contributed by atoms with Crippen LogP contribution in [0.15, 0.2) is 0 Å². The van der Waals surface area contributed by atoms with Crippen molar-refractivity contribution in [1.29, 1.82) is 0 Å². The minimum atomic E-state index is -0.371. The molecule has 1 aliphatic rings. The number of hydrogen-bond acceptors (Lipinski definition) is 4. The Labute approximate surface area is 91.8 Å². The van der Waals surface area contributed by atoms with E-state index in [0.29, 0.717) is 0 Å². The first-order valence-electron chi connectivity index (χ1n) is 5.66. The molecule has 88 valence electrons. The predicted molar refractivity (Wildman–Crippen MR) is 59.7 cm³/mol. The summed E-state index contributed by atoms with van der Waals surface area (Å²) in [4.78, 5) is 11.7. The van der Waals surface area contributed by atoms with Crippen LogP contribution in [0.25, 0.3) is 0 Å². The molecule has 1 atom stereocenters. The summed E-state index contributed by atoms with van der Waals surface area (Å²) in [5.74, 6) is -0.103. The second kappa shape index (κ2) is 5.47. The van der Waals surface area contributed by atoms with E-state index in [-0.39, 0.29) is 17.6 Å². The van der Waals surface area contributed by atoms with E-state index >= 15 is 0 Å². The summed E-state index contributed by atoms with van der Waals surface area (Å²) < 4.78 is 5.48. The zero-order chi connectivity index (χ0) is 11.3. The molecule has 0 saturated carbocycles. The molecule has 1 heterocycles. The lowest BCUT2D eigenvalue weighted by Gasteiger charge is -2.26. The molecule has 1 aliphatic heterocycles. The molecule has 4 nitrogen and oxygen atoms in total. The van der Waals surface area contributed by atoms with Gasteiger partial charge in [-0.15, -0.1) is 0 Å². The van der Waals surface area contributed by atoms with Gasteiger partial charge in [0.25, 0.3) is 0 Å². The van der Waals surface area contributed by atoms with E-state index in [9.17, 15) is 4.79 Å². The van der Waals surface area contributed by atoms with Gasteiger partial charge in [-0.3, -0.25) is 4.79 Å². The number of nitrogens with one attached hydrogen (secondary N) is 2. The number of hydrogen-bond donors (Lipinski definition) is 2. The molecule has 0 bridgehead atoms. The normalized spacial score (nSPS) is 21.7. The van der Waals surface area contributed by atoms with Crippen LogP contribution in [0.1, 0.15) is 33.1 Å². The van der Waals surface area contributed by atoms with Crippen LogP contribution in [0.4, 0.5) is 0 Å². The van der Waals surface area contributed by atoms with Crippen molar-refractivity contribution in [3.63, 3.8) is 0 Å². The van der Waals surface area contributed by atoms with E-state index < -0.39 is 0 Å². The van der Waals surface area contributed by atoms with Gasteiger partial charge in [0, 0.05) is 0 Å². The maximum absolute atomic E-state index is 11.7. The van der Waals surface area contributed by atoms with Crippen LogP contribution in [0.5, 0.6) is 0 Å². The monoisotopic (exact) mass is 214 g/mol. The Kier molecular flexibility index (Phi) is 4.54. The Hall–Kier alpha value is -0.610. The predicted octanol–water partition coefficient (Wildman–Crippen LogP) is 0.670. The van der Waals surface area contributed by atoms with Crippen LogP contribution >= 0.6 is 0 Å². The molecule has 0 amide bonds. The minimum absolute atomic E-state index is 0.0844. The highest BCUT2D eigenvalue weighted by atomic mass is 16.6. The summed E-state index contributed by atoms with van der Waals surface area (Å²) in [7, 11) is 1.90. The van der Waals surface area contributed by atoms with Crippen LogP contribution in [0.3, 0.4) is 0 Å². The molecule has 0 aromatic heterocycles. The maximum atomic E-state index is 11.7. The fourth-order valence-electron chi connectivity index (χ4n) is 1.71. The molecule has 15 heavy (non-hydrogen) atoms. The molecule has 0 aromatic rings. The molecule has 2 N–H and O–H groups in total. The first-order chi connectivity index (χ1) is 7.05. The quantitative estimate of drug-likeness (QED) is 0.660. The number of carbonyl (C=O) groups is 1. The van der Waals surface area contributed by atoms with E-state index in [1.165, 1.54) is 0 Å². The molecule has 0 spiro atoms. The van der Waals surface area contributed by atoms with Gasteiger partial charge in [0.15, 0.2) is 0 Å². The first kappa shape index (κ1) is 12.5. The van der Waals surface area contributed by atoms with E-state index in [2.05, 4.69) is 10.6 Å². The summed E-state index contributed by atoms with van der Waals surface area (Å²) in [6.07, 6.45) is 2.81. The summed E-state index contributed by atoms with van der Waals surface area (Å²) in [6.45, 7) is 5.70. The fraction of sp³-hybridized carbons (Fsp3) is 0.909. The molecule has 1 fully saturated rings. The second-order valence-electron chi connectivity index (χ2n) is 4.68. The number of carbonyl (C=O) groups excluding carboxylic acids is 1. The SMILES string of the molecule is CNCCC(C)(C)OC(=O)[C@H]1CCCN1. The molecule has 1 rings (SSSR count). The first-order valence-corrected chi connectivity index (χ1v) is 5.66. The summed E-state index contributed by atoms with van der Waals surface area (Å²) >= 11 is 0. The van der Waals surface area contributed by atoms with Crippen molar-refractivity contribution >= 4 is 5.97 Å². The summed E-state index contributed by atoms with van der Waals surface area (Å²) in [5.41, 5.74) is -0.371. The molecular weight excluding hydrogens is 192 g/mol. The van der Waals surface area contributed by atoms with Gasteiger partial charge in [-0.25, -0.2) is 0 Å². The molecule has 0 unspecified atom stereocenters.